The predicted octanol–water partition coefficient (Wildman–Crippen LogP) is 1.54. The minimum Gasteiger partial charge on any atom is -0.482 e. The molecule has 0 N–H and O–H groups in total. The highest BCUT2D eigenvalue weighted by Crippen LogP contribution is 2.16. The number of carbonyl (C=O) groups is 2. The van der Waals surface area contributed by atoms with Crippen LogP contribution >= 0.6 is 0 Å². The summed E-state index contributed by atoms with van der Waals surface area (Å²) in [4.78, 5) is 22.7. The van der Waals surface area contributed by atoms with Crippen LogP contribution < -0.4 is 4.74 Å². The Bertz CT molecular complexity index is 474. The van der Waals surface area contributed by atoms with Crippen LogP contribution in [0, 0.1) is 13.8 Å². The first-order valence-electron chi connectivity index (χ1n) is 6.12. The van der Waals surface area contributed by atoms with Gasteiger partial charge in [-0.15, -0.1) is 0 Å². The molecule has 0 saturated carbocycles. The Morgan fingerprint density at radius 3 is 2.58 bits per heavy atom. The summed E-state index contributed by atoms with van der Waals surface area (Å²) in [5.74, 6) is -0.439. The molecule has 5 nitrogen and oxygen atoms in total. The van der Waals surface area contributed by atoms with E-state index in [9.17, 15) is 9.59 Å². The van der Waals surface area contributed by atoms with Crippen molar-refractivity contribution in [2.45, 2.75) is 26.4 Å². The monoisotopic (exact) mass is 264 g/mol. The van der Waals surface area contributed by atoms with Gasteiger partial charge in [-0.25, -0.2) is 9.59 Å². The molecule has 1 aromatic rings. The molecule has 1 heterocycles. The Labute approximate surface area is 111 Å². The predicted molar refractivity (Wildman–Crippen MR) is 66.9 cm³/mol. The van der Waals surface area contributed by atoms with Crippen LogP contribution in [0.25, 0.3) is 0 Å². The number of rotatable bonds is 4. The van der Waals surface area contributed by atoms with Crippen molar-refractivity contribution in [3.8, 4) is 5.75 Å². The van der Waals surface area contributed by atoms with Crippen molar-refractivity contribution >= 4 is 11.9 Å². The van der Waals surface area contributed by atoms with Crippen molar-refractivity contribution in [2.75, 3.05) is 13.2 Å². The quantitative estimate of drug-likeness (QED) is 0.772. The average Bonchev–Trinajstić information content (AvgIpc) is 2.71. The van der Waals surface area contributed by atoms with Crippen LogP contribution in [-0.4, -0.2) is 31.3 Å². The molecule has 102 valence electrons. The van der Waals surface area contributed by atoms with Crippen LogP contribution in [0.1, 0.15) is 17.5 Å². The molecule has 0 unspecified atom stereocenters. The van der Waals surface area contributed by atoms with E-state index in [4.69, 9.17) is 14.2 Å². The van der Waals surface area contributed by atoms with Crippen molar-refractivity contribution < 1.29 is 23.8 Å². The highest BCUT2D eigenvalue weighted by Gasteiger charge is 2.30. The Morgan fingerprint density at radius 2 is 2.00 bits per heavy atom. The zero-order valence-electron chi connectivity index (χ0n) is 11.0. The molecule has 2 rings (SSSR count). The standard InChI is InChI=1S/C14H16O5/c1-9-5-10(2)7-11(6-9)18-8-13(15)19-12-3-4-17-14(12)16/h5-7,12H,3-4,8H2,1-2H3/t12-/m0/s1. The van der Waals surface area contributed by atoms with E-state index in [2.05, 4.69) is 0 Å². The van der Waals surface area contributed by atoms with Gasteiger partial charge in [0, 0.05) is 6.42 Å². The molecular formula is C14H16O5. The SMILES string of the molecule is Cc1cc(C)cc(OCC(=O)O[C@H]2CCOC2=O)c1. The van der Waals surface area contributed by atoms with Crippen molar-refractivity contribution in [2.24, 2.45) is 0 Å². The van der Waals surface area contributed by atoms with E-state index in [1.54, 1.807) is 0 Å². The van der Waals surface area contributed by atoms with Gasteiger partial charge in [0.25, 0.3) is 0 Å². The average molecular weight is 264 g/mol. The van der Waals surface area contributed by atoms with Gasteiger partial charge in [-0.2, -0.15) is 0 Å². The number of cyclic esters (lactones) is 1. The number of hydrogen-bond acceptors (Lipinski definition) is 5. The summed E-state index contributed by atoms with van der Waals surface area (Å²) >= 11 is 0. The number of esters is 2. The number of hydrogen-bond donors (Lipinski definition) is 0. The molecule has 0 spiro atoms. The number of carbonyl (C=O) groups excluding carboxylic acids is 2. The maximum atomic E-state index is 11.5. The second-order valence-corrected chi connectivity index (χ2v) is 4.55. The van der Waals surface area contributed by atoms with E-state index in [-0.39, 0.29) is 6.61 Å². The Balaban J connectivity index is 1.84. The van der Waals surface area contributed by atoms with E-state index in [0.717, 1.165) is 11.1 Å². The molecule has 1 saturated heterocycles. The lowest BCUT2D eigenvalue weighted by Crippen LogP contribution is -2.26. The highest BCUT2D eigenvalue weighted by atomic mass is 16.6. The maximum absolute atomic E-state index is 11.5. The fourth-order valence-corrected chi connectivity index (χ4v) is 1.94. The first-order valence-corrected chi connectivity index (χ1v) is 6.12. The third-order valence-electron chi connectivity index (χ3n) is 2.71. The van der Waals surface area contributed by atoms with Gasteiger partial charge in [-0.1, -0.05) is 6.07 Å². The van der Waals surface area contributed by atoms with E-state index in [1.165, 1.54) is 0 Å². The van der Waals surface area contributed by atoms with Crippen LogP contribution in [0.15, 0.2) is 18.2 Å². The molecule has 1 fully saturated rings. The van der Waals surface area contributed by atoms with Gasteiger partial charge in [0.1, 0.15) is 5.75 Å². The van der Waals surface area contributed by atoms with Crippen molar-refractivity contribution in [3.63, 3.8) is 0 Å². The van der Waals surface area contributed by atoms with Crippen molar-refractivity contribution in [1.82, 2.24) is 0 Å². The summed E-state index contributed by atoms with van der Waals surface area (Å²) in [6, 6.07) is 5.69. The van der Waals surface area contributed by atoms with Crippen molar-refractivity contribution in [3.05, 3.63) is 29.3 Å². The van der Waals surface area contributed by atoms with Crippen LogP contribution in [0.5, 0.6) is 5.75 Å². The Kier molecular flexibility index (Phi) is 4.04. The molecule has 1 aliphatic rings. The van der Waals surface area contributed by atoms with E-state index < -0.39 is 18.0 Å². The molecule has 0 bridgehead atoms. The third-order valence-corrected chi connectivity index (χ3v) is 2.71. The van der Waals surface area contributed by atoms with Gasteiger partial charge >= 0.3 is 11.9 Å². The molecule has 1 aromatic carbocycles. The van der Waals surface area contributed by atoms with Gasteiger partial charge in [0.2, 0.25) is 6.10 Å². The molecule has 19 heavy (non-hydrogen) atoms. The van der Waals surface area contributed by atoms with Gasteiger partial charge in [0.05, 0.1) is 6.61 Å². The van der Waals surface area contributed by atoms with Crippen LogP contribution in [0.2, 0.25) is 0 Å². The zero-order valence-corrected chi connectivity index (χ0v) is 11.0. The zero-order chi connectivity index (χ0) is 13.8. The van der Waals surface area contributed by atoms with Gasteiger partial charge in [-0.05, 0) is 37.1 Å². The molecule has 5 heteroatoms. The summed E-state index contributed by atoms with van der Waals surface area (Å²) in [5.41, 5.74) is 2.12. The minimum absolute atomic E-state index is 0.216. The van der Waals surface area contributed by atoms with Gasteiger partial charge < -0.3 is 14.2 Å². The first kappa shape index (κ1) is 13.4. The van der Waals surface area contributed by atoms with Crippen LogP contribution in [0.4, 0.5) is 0 Å². The lowest BCUT2D eigenvalue weighted by atomic mass is 10.1. The molecule has 1 atom stereocenters. The summed E-state index contributed by atoms with van der Waals surface area (Å²) in [6.45, 7) is 3.99. The molecule has 0 radical (unpaired) electrons. The lowest BCUT2D eigenvalue weighted by molar-refractivity contribution is -0.161. The lowest BCUT2D eigenvalue weighted by Gasteiger charge is -2.10. The summed E-state index contributed by atoms with van der Waals surface area (Å²) in [6.07, 6.45) is -0.371. The second-order valence-electron chi connectivity index (χ2n) is 4.55. The number of benzene rings is 1. The molecule has 0 aliphatic carbocycles. The normalized spacial score (nSPS) is 18.0. The summed E-state index contributed by atoms with van der Waals surface area (Å²) in [5, 5.41) is 0. The minimum atomic E-state index is -0.782. The molecule has 1 aliphatic heterocycles. The maximum Gasteiger partial charge on any atom is 0.347 e. The van der Waals surface area contributed by atoms with Gasteiger partial charge in [0.15, 0.2) is 6.61 Å². The van der Waals surface area contributed by atoms with E-state index >= 15 is 0 Å². The molecular weight excluding hydrogens is 248 g/mol. The fourth-order valence-electron chi connectivity index (χ4n) is 1.94. The second kappa shape index (κ2) is 5.73. The van der Waals surface area contributed by atoms with E-state index in [0.29, 0.717) is 18.8 Å². The summed E-state index contributed by atoms with van der Waals surface area (Å²) in [7, 11) is 0. The topological polar surface area (TPSA) is 61.8 Å². The fraction of sp³-hybridized carbons (Fsp3) is 0.429. The number of aryl methyl sites for hydroxylation is 2. The number of ether oxygens (including phenoxy) is 3. The van der Waals surface area contributed by atoms with E-state index in [1.807, 2.05) is 32.0 Å². The van der Waals surface area contributed by atoms with Gasteiger partial charge in [-0.3, -0.25) is 0 Å². The van der Waals surface area contributed by atoms with Crippen molar-refractivity contribution in [1.29, 1.82) is 0 Å². The molecule has 0 amide bonds. The largest absolute Gasteiger partial charge is 0.482 e. The summed E-state index contributed by atoms with van der Waals surface area (Å²) < 4.78 is 15.0. The Hall–Kier alpha value is -2.04. The Morgan fingerprint density at radius 1 is 1.32 bits per heavy atom. The third kappa shape index (κ3) is 3.71. The highest BCUT2D eigenvalue weighted by molar-refractivity contribution is 5.81. The molecule has 0 aromatic heterocycles. The van der Waals surface area contributed by atoms with Crippen LogP contribution in [-0.2, 0) is 19.1 Å². The van der Waals surface area contributed by atoms with Crippen LogP contribution in [0.3, 0.4) is 0 Å². The smallest absolute Gasteiger partial charge is 0.347 e. The first-order chi connectivity index (χ1) is 9.04.